The molecule has 1 heterocycles. The van der Waals surface area contributed by atoms with E-state index in [2.05, 4.69) is 10.0 Å². The van der Waals surface area contributed by atoms with Crippen LogP contribution in [0.4, 0.5) is 5.69 Å². The Labute approximate surface area is 202 Å². The van der Waals surface area contributed by atoms with Crippen LogP contribution in [0, 0.1) is 5.92 Å². The highest BCUT2D eigenvalue weighted by atomic mass is 32.2. The van der Waals surface area contributed by atoms with E-state index >= 15 is 0 Å². The summed E-state index contributed by atoms with van der Waals surface area (Å²) in [4.78, 5) is 28.0. The number of carbonyl (C=O) groups excluding carboxylic acids is 2. The monoisotopic (exact) mass is 483 g/mol. The number of hydrogen-bond donors (Lipinski definition) is 2. The summed E-state index contributed by atoms with van der Waals surface area (Å²) < 4.78 is 27.8. The van der Waals surface area contributed by atoms with Crippen molar-refractivity contribution in [2.75, 3.05) is 17.8 Å². The second-order valence-electron chi connectivity index (χ2n) is 9.29. The van der Waals surface area contributed by atoms with Crippen LogP contribution in [0.15, 0.2) is 59.5 Å². The van der Waals surface area contributed by atoms with Crippen LogP contribution in [0.3, 0.4) is 0 Å². The Morgan fingerprint density at radius 2 is 1.59 bits per heavy atom. The van der Waals surface area contributed by atoms with E-state index in [4.69, 9.17) is 0 Å². The average Bonchev–Trinajstić information content (AvgIpc) is 3.13. The van der Waals surface area contributed by atoms with Gasteiger partial charge >= 0.3 is 0 Å². The highest BCUT2D eigenvalue weighted by Gasteiger charge is 2.30. The van der Waals surface area contributed by atoms with Crippen LogP contribution >= 0.6 is 0 Å². The van der Waals surface area contributed by atoms with Crippen LogP contribution in [0.25, 0.3) is 0 Å². The number of sulfonamides is 1. The second-order valence-corrected chi connectivity index (χ2v) is 11.0. The Bertz CT molecular complexity index is 1100. The van der Waals surface area contributed by atoms with E-state index in [0.717, 1.165) is 38.5 Å². The zero-order valence-electron chi connectivity index (χ0n) is 19.4. The van der Waals surface area contributed by atoms with E-state index in [1.54, 1.807) is 47.4 Å². The highest BCUT2D eigenvalue weighted by Crippen LogP contribution is 2.23. The first-order valence-electron chi connectivity index (χ1n) is 12.2. The molecule has 2 N–H and O–H groups in total. The third kappa shape index (κ3) is 6.17. The number of likely N-dealkylation sites (tertiary alicyclic amines) is 1. The van der Waals surface area contributed by atoms with Crippen LogP contribution in [0.5, 0.6) is 0 Å². The van der Waals surface area contributed by atoms with E-state index in [-0.39, 0.29) is 28.7 Å². The summed E-state index contributed by atoms with van der Waals surface area (Å²) in [5, 5.41) is 3.22. The lowest BCUT2D eigenvalue weighted by Gasteiger charge is -2.33. The number of piperidine rings is 1. The predicted molar refractivity (Wildman–Crippen MR) is 132 cm³/mol. The molecule has 2 aromatic carbocycles. The summed E-state index contributed by atoms with van der Waals surface area (Å²) in [5.41, 5.74) is 0.729. The smallest absolute Gasteiger partial charge is 0.261 e. The molecule has 1 atom stereocenters. The second kappa shape index (κ2) is 11.0. The summed E-state index contributed by atoms with van der Waals surface area (Å²) in [7, 11) is -3.75. The Morgan fingerprint density at radius 1 is 0.853 bits per heavy atom. The summed E-state index contributed by atoms with van der Waals surface area (Å²) in [5.74, 6) is -0.345. The molecule has 1 aliphatic heterocycles. The first-order valence-corrected chi connectivity index (χ1v) is 13.7. The van der Waals surface area contributed by atoms with Crippen LogP contribution in [-0.4, -0.2) is 44.3 Å². The fraction of sp³-hybridized carbons (Fsp3) is 0.462. The minimum Gasteiger partial charge on any atom is -0.353 e. The van der Waals surface area contributed by atoms with Crippen molar-refractivity contribution in [1.82, 2.24) is 10.2 Å². The maximum atomic E-state index is 13.2. The molecule has 34 heavy (non-hydrogen) atoms. The number of nitrogens with zero attached hydrogens (tertiary/aromatic N) is 1. The van der Waals surface area contributed by atoms with Crippen molar-refractivity contribution in [3.8, 4) is 0 Å². The topological polar surface area (TPSA) is 95.6 Å². The fourth-order valence-electron chi connectivity index (χ4n) is 4.83. The third-order valence-electron chi connectivity index (χ3n) is 6.70. The first kappa shape index (κ1) is 24.3. The number of anilines is 1. The van der Waals surface area contributed by atoms with Gasteiger partial charge in [-0.25, -0.2) is 8.42 Å². The molecule has 182 valence electrons. The van der Waals surface area contributed by atoms with Crippen molar-refractivity contribution < 1.29 is 18.0 Å². The maximum Gasteiger partial charge on any atom is 0.261 e. The minimum atomic E-state index is -3.75. The number of amides is 2. The third-order valence-corrected chi connectivity index (χ3v) is 8.09. The van der Waals surface area contributed by atoms with Crippen LogP contribution in [0.1, 0.15) is 61.7 Å². The summed E-state index contributed by atoms with van der Waals surface area (Å²) in [6, 6.07) is 14.9. The molecule has 1 unspecified atom stereocenters. The van der Waals surface area contributed by atoms with Crippen LogP contribution in [0.2, 0.25) is 0 Å². The van der Waals surface area contributed by atoms with Gasteiger partial charge in [0.15, 0.2) is 0 Å². The zero-order valence-corrected chi connectivity index (χ0v) is 20.2. The molecule has 1 saturated heterocycles. The van der Waals surface area contributed by atoms with Gasteiger partial charge in [-0.1, -0.05) is 49.9 Å². The number of carbonyl (C=O) groups is 2. The molecule has 4 rings (SSSR count). The number of benzene rings is 2. The van der Waals surface area contributed by atoms with Crippen molar-refractivity contribution in [3.05, 3.63) is 60.2 Å². The van der Waals surface area contributed by atoms with Gasteiger partial charge in [-0.15, -0.1) is 0 Å². The fourth-order valence-corrected chi connectivity index (χ4v) is 5.90. The van der Waals surface area contributed by atoms with Crippen molar-refractivity contribution >= 4 is 27.5 Å². The van der Waals surface area contributed by atoms with Gasteiger partial charge in [-0.05, 0) is 56.0 Å². The molecule has 0 radical (unpaired) electrons. The Balaban J connectivity index is 1.40. The molecular formula is C26H33N3O4S. The van der Waals surface area contributed by atoms with E-state index in [9.17, 15) is 18.0 Å². The SMILES string of the molecule is O=C(NC1CCCCCC1)C1CCCN(C(=O)c2cccc(NS(=O)(=O)c3ccccc3)c2)C1. The molecule has 2 aromatic rings. The molecule has 2 amide bonds. The maximum absolute atomic E-state index is 13.2. The normalized spacial score (nSPS) is 19.8. The van der Waals surface area contributed by atoms with E-state index < -0.39 is 10.0 Å². The lowest BCUT2D eigenvalue weighted by atomic mass is 9.95. The zero-order chi connectivity index (χ0) is 24.0. The van der Waals surface area contributed by atoms with Crippen molar-refractivity contribution in [2.45, 2.75) is 62.3 Å². The highest BCUT2D eigenvalue weighted by molar-refractivity contribution is 7.92. The van der Waals surface area contributed by atoms with Crippen molar-refractivity contribution in [1.29, 1.82) is 0 Å². The lowest BCUT2D eigenvalue weighted by molar-refractivity contribution is -0.127. The molecule has 0 bridgehead atoms. The Morgan fingerprint density at radius 3 is 2.32 bits per heavy atom. The molecule has 0 spiro atoms. The van der Waals surface area contributed by atoms with Gasteiger partial charge in [0, 0.05) is 30.4 Å². The van der Waals surface area contributed by atoms with Crippen LogP contribution < -0.4 is 10.0 Å². The van der Waals surface area contributed by atoms with Crippen molar-refractivity contribution in [3.63, 3.8) is 0 Å². The van der Waals surface area contributed by atoms with E-state index in [0.29, 0.717) is 24.3 Å². The molecule has 2 fully saturated rings. The summed E-state index contributed by atoms with van der Waals surface area (Å²) in [6.07, 6.45) is 8.40. The summed E-state index contributed by atoms with van der Waals surface area (Å²) >= 11 is 0. The van der Waals surface area contributed by atoms with E-state index in [1.807, 2.05) is 0 Å². The quantitative estimate of drug-likeness (QED) is 0.603. The minimum absolute atomic E-state index is 0.0498. The van der Waals surface area contributed by atoms with Gasteiger partial charge < -0.3 is 10.2 Å². The molecule has 1 saturated carbocycles. The number of nitrogens with one attached hydrogen (secondary N) is 2. The van der Waals surface area contributed by atoms with Gasteiger partial charge in [0.2, 0.25) is 5.91 Å². The molecule has 1 aliphatic carbocycles. The standard InChI is InChI=1S/C26H33N3O4S/c30-25(27-22-12-4-1-2-5-13-22)21-11-9-17-29(19-21)26(31)20-10-8-14-23(18-20)28-34(32,33)24-15-6-3-7-16-24/h3,6-8,10,14-16,18,21-22,28H,1-2,4-5,9,11-13,17,19H2,(H,27,30). The largest absolute Gasteiger partial charge is 0.353 e. The van der Waals surface area contributed by atoms with Crippen molar-refractivity contribution in [2.24, 2.45) is 5.92 Å². The number of hydrogen-bond acceptors (Lipinski definition) is 4. The average molecular weight is 484 g/mol. The van der Waals surface area contributed by atoms with Gasteiger partial charge in [0.05, 0.1) is 10.8 Å². The molecule has 0 aromatic heterocycles. The molecule has 8 heteroatoms. The predicted octanol–water partition coefficient (Wildman–Crippen LogP) is 4.18. The van der Waals surface area contributed by atoms with Gasteiger partial charge in [-0.2, -0.15) is 0 Å². The van der Waals surface area contributed by atoms with Crippen LogP contribution in [-0.2, 0) is 14.8 Å². The Kier molecular flexibility index (Phi) is 7.88. The van der Waals surface area contributed by atoms with Gasteiger partial charge in [0.1, 0.15) is 0 Å². The number of rotatable bonds is 6. The first-order chi connectivity index (χ1) is 16.4. The molecular weight excluding hydrogens is 450 g/mol. The van der Waals surface area contributed by atoms with Gasteiger partial charge in [0.25, 0.3) is 15.9 Å². The lowest BCUT2D eigenvalue weighted by Crippen LogP contribution is -2.47. The summed E-state index contributed by atoms with van der Waals surface area (Å²) in [6.45, 7) is 0.976. The molecule has 7 nitrogen and oxygen atoms in total. The molecule has 2 aliphatic rings. The van der Waals surface area contributed by atoms with Gasteiger partial charge in [-0.3, -0.25) is 14.3 Å². The Hall–Kier alpha value is -2.87. The van der Waals surface area contributed by atoms with E-state index in [1.165, 1.54) is 25.0 Å².